The third-order valence-corrected chi connectivity index (χ3v) is 5.10. The van der Waals surface area contributed by atoms with Crippen LogP contribution < -0.4 is 0 Å². The highest BCUT2D eigenvalue weighted by Gasteiger charge is 2.35. The lowest BCUT2D eigenvalue weighted by molar-refractivity contribution is 0.100. The van der Waals surface area contributed by atoms with Crippen molar-refractivity contribution in [2.24, 2.45) is 5.92 Å². The summed E-state index contributed by atoms with van der Waals surface area (Å²) in [5.74, 6) is 2.24. The molecule has 2 aromatic carbocycles. The number of benzene rings is 2. The molecular formula is C21H19NO3. The van der Waals surface area contributed by atoms with Gasteiger partial charge in [-0.2, -0.15) is 0 Å². The molecule has 2 aromatic rings. The second-order valence-electron chi connectivity index (χ2n) is 6.55. The molecule has 2 atom stereocenters. The van der Waals surface area contributed by atoms with E-state index in [-0.39, 0.29) is 25.0 Å². The average molecular weight is 333 g/mol. The minimum absolute atomic E-state index is 0.0345. The largest absolute Gasteiger partial charge is 0.448 e. The summed E-state index contributed by atoms with van der Waals surface area (Å²) in [6, 6.07) is 16.4. The van der Waals surface area contributed by atoms with Gasteiger partial charge in [0, 0.05) is 12.5 Å². The maximum atomic E-state index is 12.4. The molecule has 0 radical (unpaired) electrons. The number of carbonyl (C=O) groups excluding carboxylic acids is 1. The Bertz CT molecular complexity index is 809. The molecule has 0 bridgehead atoms. The number of nitrogens with zero attached hydrogens (tertiary/aromatic N) is 1. The van der Waals surface area contributed by atoms with E-state index in [1.165, 1.54) is 27.2 Å². The number of likely N-dealkylation sites (tertiary alicyclic amines) is 1. The minimum atomic E-state index is -0.675. The molecule has 1 N–H and O–H groups in total. The van der Waals surface area contributed by atoms with Gasteiger partial charge in [0.05, 0.1) is 18.6 Å². The van der Waals surface area contributed by atoms with Gasteiger partial charge >= 0.3 is 6.09 Å². The molecule has 2 aliphatic rings. The number of terminal acetylenes is 1. The molecule has 25 heavy (non-hydrogen) atoms. The van der Waals surface area contributed by atoms with E-state index in [0.717, 1.165) is 0 Å². The molecule has 0 saturated carbocycles. The van der Waals surface area contributed by atoms with Crippen LogP contribution in [-0.2, 0) is 4.74 Å². The van der Waals surface area contributed by atoms with Gasteiger partial charge in [-0.15, -0.1) is 6.42 Å². The highest BCUT2D eigenvalue weighted by atomic mass is 16.6. The Kier molecular flexibility index (Phi) is 3.95. The van der Waals surface area contributed by atoms with E-state index in [1.807, 2.05) is 24.3 Å². The number of rotatable bonds is 2. The van der Waals surface area contributed by atoms with Crippen LogP contribution in [0.3, 0.4) is 0 Å². The van der Waals surface area contributed by atoms with E-state index in [1.54, 1.807) is 0 Å². The van der Waals surface area contributed by atoms with E-state index in [9.17, 15) is 9.90 Å². The van der Waals surface area contributed by atoms with Crippen LogP contribution in [0.5, 0.6) is 0 Å². The number of amides is 1. The second-order valence-corrected chi connectivity index (χ2v) is 6.55. The number of carbonyl (C=O) groups is 1. The van der Waals surface area contributed by atoms with Crippen LogP contribution in [0.1, 0.15) is 17.0 Å². The summed E-state index contributed by atoms with van der Waals surface area (Å²) in [6.45, 7) is 0.847. The van der Waals surface area contributed by atoms with Crippen molar-refractivity contribution in [2.75, 3.05) is 19.7 Å². The van der Waals surface area contributed by atoms with E-state index in [2.05, 4.69) is 30.2 Å². The minimum Gasteiger partial charge on any atom is -0.448 e. The predicted octanol–water partition coefficient (Wildman–Crippen LogP) is 2.86. The molecule has 1 aliphatic heterocycles. The number of hydrogen-bond donors (Lipinski definition) is 1. The second kappa shape index (κ2) is 6.27. The first-order chi connectivity index (χ1) is 12.2. The van der Waals surface area contributed by atoms with Crippen LogP contribution >= 0.6 is 0 Å². The zero-order valence-electron chi connectivity index (χ0n) is 13.8. The van der Waals surface area contributed by atoms with Crippen molar-refractivity contribution in [3.63, 3.8) is 0 Å². The average Bonchev–Trinajstić information content (AvgIpc) is 3.18. The monoisotopic (exact) mass is 333 g/mol. The Balaban J connectivity index is 1.50. The lowest BCUT2D eigenvalue weighted by Gasteiger charge is -2.19. The fourth-order valence-electron chi connectivity index (χ4n) is 3.78. The molecule has 0 aromatic heterocycles. The van der Waals surface area contributed by atoms with E-state index >= 15 is 0 Å². The fourth-order valence-corrected chi connectivity index (χ4v) is 3.78. The van der Waals surface area contributed by atoms with Gasteiger partial charge in [0.1, 0.15) is 6.61 Å². The normalized spacial score (nSPS) is 21.5. The van der Waals surface area contributed by atoms with Gasteiger partial charge < -0.3 is 14.7 Å². The first-order valence-corrected chi connectivity index (χ1v) is 8.43. The van der Waals surface area contributed by atoms with Gasteiger partial charge in [-0.25, -0.2) is 4.79 Å². The Morgan fingerprint density at radius 1 is 1.12 bits per heavy atom. The van der Waals surface area contributed by atoms with Crippen LogP contribution in [0.2, 0.25) is 0 Å². The molecule has 4 rings (SSSR count). The highest BCUT2D eigenvalue weighted by Crippen LogP contribution is 2.44. The Hall–Kier alpha value is -2.77. The van der Waals surface area contributed by atoms with Crippen LogP contribution in [0.4, 0.5) is 4.79 Å². The van der Waals surface area contributed by atoms with Gasteiger partial charge in [-0.05, 0) is 22.3 Å². The molecule has 1 saturated heterocycles. The number of aliphatic hydroxyl groups is 1. The van der Waals surface area contributed by atoms with Gasteiger partial charge in [0.2, 0.25) is 0 Å². The molecule has 4 heteroatoms. The maximum Gasteiger partial charge on any atom is 0.409 e. The standard InChI is InChI=1S/C21H19NO3/c1-2-14-11-22(12-20(14)23)21(24)25-13-19-17-9-5-3-7-15(17)16-8-4-6-10-18(16)19/h1,3-10,14,19-20,23H,11-13H2/t14-,20-/m1/s1. The molecule has 1 aliphatic carbocycles. The van der Waals surface area contributed by atoms with Gasteiger partial charge in [-0.1, -0.05) is 54.5 Å². The van der Waals surface area contributed by atoms with E-state index in [0.29, 0.717) is 6.54 Å². The summed E-state index contributed by atoms with van der Waals surface area (Å²) < 4.78 is 5.57. The Morgan fingerprint density at radius 3 is 2.28 bits per heavy atom. The molecular weight excluding hydrogens is 314 g/mol. The third-order valence-electron chi connectivity index (χ3n) is 5.10. The molecule has 0 unspecified atom stereocenters. The fraction of sp³-hybridized carbons (Fsp3) is 0.286. The van der Waals surface area contributed by atoms with E-state index in [4.69, 9.17) is 11.2 Å². The lowest BCUT2D eigenvalue weighted by atomic mass is 9.98. The van der Waals surface area contributed by atoms with E-state index < -0.39 is 12.2 Å². The molecule has 1 amide bonds. The topological polar surface area (TPSA) is 49.8 Å². The molecule has 1 heterocycles. The summed E-state index contributed by atoms with van der Waals surface area (Å²) in [6.07, 6.45) is 4.28. The molecule has 1 fully saturated rings. The first kappa shape index (κ1) is 15.7. The number of hydrogen-bond acceptors (Lipinski definition) is 3. The zero-order chi connectivity index (χ0) is 17.4. The summed E-state index contributed by atoms with van der Waals surface area (Å²) in [5.41, 5.74) is 4.75. The zero-order valence-corrected chi connectivity index (χ0v) is 13.8. The molecule has 0 spiro atoms. The van der Waals surface area contributed by atoms with Crippen LogP contribution in [-0.4, -0.2) is 41.9 Å². The van der Waals surface area contributed by atoms with Crippen LogP contribution in [0, 0.1) is 18.3 Å². The highest BCUT2D eigenvalue weighted by molar-refractivity contribution is 5.79. The summed E-state index contributed by atoms with van der Waals surface area (Å²) in [5, 5.41) is 9.86. The third kappa shape index (κ3) is 2.67. The van der Waals surface area contributed by atoms with Crippen molar-refractivity contribution >= 4 is 6.09 Å². The predicted molar refractivity (Wildman–Crippen MR) is 95.0 cm³/mol. The lowest BCUT2D eigenvalue weighted by Crippen LogP contribution is -2.31. The van der Waals surface area contributed by atoms with Gasteiger partial charge in [0.25, 0.3) is 0 Å². The summed E-state index contributed by atoms with van der Waals surface area (Å²) in [7, 11) is 0. The number of ether oxygens (including phenoxy) is 1. The quantitative estimate of drug-likeness (QED) is 0.860. The van der Waals surface area contributed by atoms with Crippen molar-refractivity contribution in [1.82, 2.24) is 4.90 Å². The maximum absolute atomic E-state index is 12.4. The SMILES string of the molecule is C#C[C@@H]1CN(C(=O)OCC2c3ccccc3-c3ccccc32)C[C@H]1O. The molecule has 4 nitrogen and oxygen atoms in total. The van der Waals surface area contributed by atoms with Crippen molar-refractivity contribution in [3.05, 3.63) is 59.7 Å². The van der Waals surface area contributed by atoms with Crippen LogP contribution in [0.15, 0.2) is 48.5 Å². The van der Waals surface area contributed by atoms with Crippen molar-refractivity contribution in [1.29, 1.82) is 0 Å². The van der Waals surface area contributed by atoms with Crippen molar-refractivity contribution in [2.45, 2.75) is 12.0 Å². The smallest absolute Gasteiger partial charge is 0.409 e. The summed E-state index contributed by atoms with van der Waals surface area (Å²) in [4.78, 5) is 13.8. The van der Waals surface area contributed by atoms with Gasteiger partial charge in [0.15, 0.2) is 0 Å². The number of β-amino-alcohol motifs (C(OH)–C–C–N with tert-alkyl or cyclic N) is 1. The van der Waals surface area contributed by atoms with Gasteiger partial charge in [-0.3, -0.25) is 0 Å². The Labute approximate surface area is 147 Å². The number of aliphatic hydroxyl groups excluding tert-OH is 1. The summed E-state index contributed by atoms with van der Waals surface area (Å²) >= 11 is 0. The number of fused-ring (bicyclic) bond motifs is 3. The van der Waals surface area contributed by atoms with Crippen molar-refractivity contribution in [3.8, 4) is 23.5 Å². The van der Waals surface area contributed by atoms with Crippen LogP contribution in [0.25, 0.3) is 11.1 Å². The first-order valence-electron chi connectivity index (χ1n) is 8.43. The molecule has 126 valence electrons. The van der Waals surface area contributed by atoms with Crippen molar-refractivity contribution < 1.29 is 14.6 Å². The Morgan fingerprint density at radius 2 is 1.72 bits per heavy atom.